The summed E-state index contributed by atoms with van der Waals surface area (Å²) < 4.78 is 45.6. The number of carbonyl (C=O) groups excluding carboxylic acids is 2. The predicted molar refractivity (Wildman–Crippen MR) is 127 cm³/mol. The van der Waals surface area contributed by atoms with Crippen LogP contribution in [-0.2, 0) is 4.74 Å². The summed E-state index contributed by atoms with van der Waals surface area (Å²) in [4.78, 5) is 28.5. The lowest BCUT2D eigenvalue weighted by atomic mass is 9.80. The number of hydrogen-bond donors (Lipinski definition) is 1. The minimum absolute atomic E-state index is 0.126. The summed E-state index contributed by atoms with van der Waals surface area (Å²) in [6, 6.07) is 8.53. The van der Waals surface area contributed by atoms with Crippen LogP contribution in [-0.4, -0.2) is 53.7 Å². The van der Waals surface area contributed by atoms with E-state index < -0.39 is 35.6 Å². The molecule has 194 valence electrons. The summed E-state index contributed by atoms with van der Waals surface area (Å²) in [5, 5.41) is 12.3. The molecule has 10 heteroatoms. The number of halogens is 3. The molecule has 37 heavy (non-hydrogen) atoms. The molecule has 1 aliphatic carbocycles. The van der Waals surface area contributed by atoms with Crippen LogP contribution in [0.25, 0.3) is 0 Å². The van der Waals surface area contributed by atoms with E-state index in [1.807, 2.05) is 0 Å². The first kappa shape index (κ1) is 25.1. The number of carbonyl (C=O) groups is 2. The van der Waals surface area contributed by atoms with Gasteiger partial charge in [-0.05, 0) is 73.4 Å². The monoisotopic (exact) mass is 512 g/mol. The van der Waals surface area contributed by atoms with Gasteiger partial charge in [-0.15, -0.1) is 0 Å². The number of benzene rings is 2. The molecule has 0 bridgehead atoms. The molecule has 1 unspecified atom stereocenters. The third kappa shape index (κ3) is 5.14. The number of imide groups is 1. The van der Waals surface area contributed by atoms with Crippen LogP contribution >= 0.6 is 0 Å². The summed E-state index contributed by atoms with van der Waals surface area (Å²) in [5.74, 6) is -2.24. The Balaban J connectivity index is 1.16. The van der Waals surface area contributed by atoms with Gasteiger partial charge in [0, 0.05) is 25.2 Å². The highest BCUT2D eigenvalue weighted by Crippen LogP contribution is 2.37. The molecule has 2 aliphatic heterocycles. The third-order valence-corrected chi connectivity index (χ3v) is 7.76. The van der Waals surface area contributed by atoms with Crippen LogP contribution in [0.4, 0.5) is 22.8 Å². The van der Waals surface area contributed by atoms with E-state index >= 15 is 0 Å². The summed E-state index contributed by atoms with van der Waals surface area (Å²) >= 11 is 0. The zero-order valence-electron chi connectivity index (χ0n) is 20.1. The summed E-state index contributed by atoms with van der Waals surface area (Å²) in [5.41, 5.74) is 1.59. The van der Waals surface area contributed by atoms with Crippen molar-refractivity contribution in [2.75, 3.05) is 19.7 Å². The van der Waals surface area contributed by atoms with Gasteiger partial charge in [-0.25, -0.2) is 27.7 Å². The van der Waals surface area contributed by atoms with Gasteiger partial charge in [0.1, 0.15) is 18.5 Å². The normalized spacial score (nSPS) is 26.1. The Hall–Kier alpha value is -3.58. The van der Waals surface area contributed by atoms with Crippen molar-refractivity contribution < 1.29 is 27.5 Å². The van der Waals surface area contributed by atoms with Gasteiger partial charge in [-0.3, -0.25) is 4.90 Å². The minimum Gasteiger partial charge on any atom is -0.446 e. The topological polar surface area (TPSA) is 85.7 Å². The predicted octanol–water partition coefficient (Wildman–Crippen LogP) is 4.98. The molecule has 0 radical (unpaired) electrons. The molecule has 2 saturated heterocycles. The van der Waals surface area contributed by atoms with Crippen LogP contribution in [0.15, 0.2) is 36.4 Å². The van der Waals surface area contributed by atoms with E-state index in [0.717, 1.165) is 61.2 Å². The number of rotatable bonds is 4. The van der Waals surface area contributed by atoms with Crippen LogP contribution in [0.1, 0.15) is 60.8 Å². The SMILES string of the molecule is N#Cc1cc(F)ccc1C1CCC(N2CCC(NC(=O)N3C(=O)OC[C@@H]3c3ccc(F)c(F)c3)C2)CC1. The number of hydrogen-bond acceptors (Lipinski definition) is 5. The Morgan fingerprint density at radius 3 is 2.54 bits per heavy atom. The highest BCUT2D eigenvalue weighted by molar-refractivity contribution is 5.92. The van der Waals surface area contributed by atoms with Crippen LogP contribution in [0.2, 0.25) is 0 Å². The smallest absolute Gasteiger partial charge is 0.418 e. The number of cyclic esters (lactones) is 1. The Kier molecular flexibility index (Phi) is 7.07. The number of likely N-dealkylation sites (tertiary alicyclic amines) is 1. The molecule has 3 fully saturated rings. The fourth-order valence-corrected chi connectivity index (χ4v) is 5.83. The Morgan fingerprint density at radius 1 is 1.03 bits per heavy atom. The molecule has 3 aliphatic rings. The summed E-state index contributed by atoms with van der Waals surface area (Å²) in [6.45, 7) is 1.32. The summed E-state index contributed by atoms with van der Waals surface area (Å²) in [7, 11) is 0. The van der Waals surface area contributed by atoms with Gasteiger partial charge < -0.3 is 10.1 Å². The maximum Gasteiger partial charge on any atom is 0.418 e. The first-order valence-electron chi connectivity index (χ1n) is 12.5. The molecule has 2 heterocycles. The Bertz CT molecular complexity index is 1240. The lowest BCUT2D eigenvalue weighted by molar-refractivity contribution is 0.155. The molecule has 5 rings (SSSR count). The standard InChI is InChI=1S/C27H27F3N4O3/c28-19-4-7-22(18(11-19)13-31)16-1-5-21(6-2-16)33-10-9-20(14-33)32-26(35)34-25(15-37-27(34)36)17-3-8-23(29)24(30)12-17/h3-4,7-8,11-12,16,20-21,25H,1-2,5-6,9-10,14-15H2,(H,32,35)/t16?,20?,21?,25-/m1/s1. The van der Waals surface area contributed by atoms with Gasteiger partial charge in [-0.2, -0.15) is 5.26 Å². The van der Waals surface area contributed by atoms with Crippen molar-refractivity contribution in [3.05, 3.63) is 70.5 Å². The second-order valence-electron chi connectivity index (χ2n) is 9.92. The van der Waals surface area contributed by atoms with Crippen LogP contribution in [0.5, 0.6) is 0 Å². The van der Waals surface area contributed by atoms with E-state index in [1.54, 1.807) is 6.07 Å². The average molecular weight is 513 g/mol. The highest BCUT2D eigenvalue weighted by atomic mass is 19.2. The van der Waals surface area contributed by atoms with Crippen molar-refractivity contribution in [1.82, 2.24) is 15.1 Å². The van der Waals surface area contributed by atoms with Gasteiger partial charge in [0.2, 0.25) is 0 Å². The molecule has 2 aromatic carbocycles. The molecule has 0 spiro atoms. The van der Waals surface area contributed by atoms with Crippen molar-refractivity contribution in [1.29, 1.82) is 5.26 Å². The van der Waals surface area contributed by atoms with Crippen LogP contribution in [0.3, 0.4) is 0 Å². The van der Waals surface area contributed by atoms with Crippen molar-refractivity contribution in [2.24, 2.45) is 0 Å². The number of nitriles is 1. The highest BCUT2D eigenvalue weighted by Gasteiger charge is 2.41. The fourth-order valence-electron chi connectivity index (χ4n) is 5.83. The van der Waals surface area contributed by atoms with Crippen molar-refractivity contribution in [2.45, 2.75) is 56.1 Å². The molecule has 2 aromatic rings. The lowest BCUT2D eigenvalue weighted by Gasteiger charge is -2.35. The molecule has 1 N–H and O–H groups in total. The quantitative estimate of drug-likeness (QED) is 0.625. The van der Waals surface area contributed by atoms with Gasteiger partial charge in [0.15, 0.2) is 11.6 Å². The molecular formula is C27H27F3N4O3. The molecule has 7 nitrogen and oxygen atoms in total. The van der Waals surface area contributed by atoms with Crippen molar-refractivity contribution in [3.8, 4) is 6.07 Å². The van der Waals surface area contributed by atoms with Crippen molar-refractivity contribution >= 4 is 12.1 Å². The Labute approximate surface area is 212 Å². The number of ether oxygens (including phenoxy) is 1. The maximum atomic E-state index is 13.7. The van der Waals surface area contributed by atoms with E-state index in [0.29, 0.717) is 18.2 Å². The van der Waals surface area contributed by atoms with Crippen LogP contribution in [0, 0.1) is 28.8 Å². The number of urea groups is 1. The summed E-state index contributed by atoms with van der Waals surface area (Å²) in [6.07, 6.45) is 3.57. The lowest BCUT2D eigenvalue weighted by Crippen LogP contribution is -2.47. The zero-order chi connectivity index (χ0) is 26.1. The van der Waals surface area contributed by atoms with Crippen molar-refractivity contribution in [3.63, 3.8) is 0 Å². The second kappa shape index (κ2) is 10.4. The zero-order valence-corrected chi connectivity index (χ0v) is 20.1. The fraction of sp³-hybridized carbons (Fsp3) is 0.444. The number of nitrogens with one attached hydrogen (secondary N) is 1. The molecule has 0 aromatic heterocycles. The number of amides is 3. The van der Waals surface area contributed by atoms with Gasteiger partial charge in [0.25, 0.3) is 0 Å². The first-order chi connectivity index (χ1) is 17.8. The second-order valence-corrected chi connectivity index (χ2v) is 9.92. The largest absolute Gasteiger partial charge is 0.446 e. The van der Waals surface area contributed by atoms with Gasteiger partial charge in [-0.1, -0.05) is 12.1 Å². The molecule has 3 amide bonds. The van der Waals surface area contributed by atoms with E-state index in [4.69, 9.17) is 4.74 Å². The van der Waals surface area contributed by atoms with Crippen LogP contribution < -0.4 is 5.32 Å². The molecule has 1 saturated carbocycles. The van der Waals surface area contributed by atoms with E-state index in [-0.39, 0.29) is 24.1 Å². The number of nitrogens with zero attached hydrogens (tertiary/aromatic N) is 3. The van der Waals surface area contributed by atoms with E-state index in [2.05, 4.69) is 16.3 Å². The average Bonchev–Trinajstić information content (AvgIpc) is 3.52. The first-order valence-corrected chi connectivity index (χ1v) is 12.5. The van der Waals surface area contributed by atoms with E-state index in [9.17, 15) is 28.0 Å². The molecular weight excluding hydrogens is 485 g/mol. The van der Waals surface area contributed by atoms with Gasteiger partial charge in [0.05, 0.1) is 11.6 Å². The minimum atomic E-state index is -1.05. The Morgan fingerprint density at radius 2 is 1.81 bits per heavy atom. The molecule has 2 atom stereocenters. The van der Waals surface area contributed by atoms with E-state index in [1.165, 1.54) is 18.2 Å². The van der Waals surface area contributed by atoms with Gasteiger partial charge >= 0.3 is 12.1 Å². The third-order valence-electron chi connectivity index (χ3n) is 7.76. The maximum absolute atomic E-state index is 13.7.